The molecule has 3 atom stereocenters. The van der Waals surface area contributed by atoms with Crippen LogP contribution in [-0.2, 0) is 32.0 Å². The lowest BCUT2D eigenvalue weighted by Gasteiger charge is -2.25. The van der Waals surface area contributed by atoms with Crippen LogP contribution in [0.5, 0.6) is 0 Å². The van der Waals surface area contributed by atoms with E-state index in [4.69, 9.17) is 33.7 Å². The number of esters is 1. The lowest BCUT2D eigenvalue weighted by Crippen LogP contribution is -2.50. The van der Waals surface area contributed by atoms with Gasteiger partial charge in [0.2, 0.25) is 5.91 Å². The first kappa shape index (κ1) is 38.0. The molecule has 2 aromatic rings. The number of ether oxygens (including phenoxy) is 1. The van der Waals surface area contributed by atoms with Crippen molar-refractivity contribution >= 4 is 70.7 Å². The van der Waals surface area contributed by atoms with Gasteiger partial charge in [-0.3, -0.25) is 14.4 Å². The number of hydrogen-bond donors (Lipinski definition) is 2. The molecule has 0 aliphatic rings. The minimum absolute atomic E-state index is 0. The Bertz CT molecular complexity index is 1110. The molecule has 0 aliphatic heterocycles. The summed E-state index contributed by atoms with van der Waals surface area (Å²) in [5.74, 6) is -0.667. The van der Waals surface area contributed by atoms with E-state index in [0.717, 1.165) is 11.3 Å². The molecule has 42 heavy (non-hydrogen) atoms. The van der Waals surface area contributed by atoms with Crippen LogP contribution in [-0.4, -0.2) is 73.2 Å². The molecular formula is C30H41Cl3FN3O4S. The fraction of sp³-hybridized carbons (Fsp3) is 0.500. The third-order valence-electron chi connectivity index (χ3n) is 6.57. The number of nitrogens with one attached hydrogen (secondary N) is 1. The van der Waals surface area contributed by atoms with E-state index in [9.17, 15) is 18.8 Å². The fourth-order valence-electron chi connectivity index (χ4n) is 4.39. The van der Waals surface area contributed by atoms with Crippen LogP contribution in [0.1, 0.15) is 30.9 Å². The molecule has 0 spiro atoms. The highest BCUT2D eigenvalue weighted by Crippen LogP contribution is 2.21. The predicted octanol–water partition coefficient (Wildman–Crippen LogP) is 5.02. The zero-order valence-corrected chi connectivity index (χ0v) is 27.2. The number of Topliss-reactive ketones (excluding diaryl/α,β-unsaturated/α-hetero) is 1. The highest BCUT2D eigenvalue weighted by molar-refractivity contribution is 7.98. The van der Waals surface area contributed by atoms with Gasteiger partial charge < -0.3 is 20.7 Å². The molecule has 0 aliphatic carbocycles. The average molecular weight is 665 g/mol. The summed E-state index contributed by atoms with van der Waals surface area (Å²) in [4.78, 5) is 41.5. The highest BCUT2D eigenvalue weighted by Gasteiger charge is 2.30. The second-order valence-electron chi connectivity index (χ2n) is 9.64. The molecule has 0 saturated carbocycles. The van der Waals surface area contributed by atoms with Crippen molar-refractivity contribution in [2.24, 2.45) is 11.7 Å². The number of benzene rings is 2. The number of nitrogens with zero attached hydrogens (tertiary/aromatic N) is 1. The molecular weight excluding hydrogens is 624 g/mol. The van der Waals surface area contributed by atoms with Crippen LogP contribution in [0.2, 0.25) is 0 Å². The fourth-order valence-corrected chi connectivity index (χ4v) is 5.32. The van der Waals surface area contributed by atoms with Gasteiger partial charge in [-0.1, -0.05) is 24.3 Å². The maximum Gasteiger partial charge on any atom is 0.309 e. The van der Waals surface area contributed by atoms with Crippen molar-refractivity contribution in [2.45, 2.75) is 44.7 Å². The molecule has 1 amide bonds. The molecule has 0 radical (unpaired) electrons. The number of nitrogens with two attached hydrogens (primary N) is 1. The van der Waals surface area contributed by atoms with Crippen LogP contribution in [0, 0.1) is 11.7 Å². The zero-order chi connectivity index (χ0) is 30.2. The first-order valence-corrected chi connectivity index (χ1v) is 16.1. The third-order valence-corrected chi connectivity index (χ3v) is 7.56. The van der Waals surface area contributed by atoms with Crippen molar-refractivity contribution in [2.75, 3.05) is 48.4 Å². The van der Waals surface area contributed by atoms with Gasteiger partial charge in [-0.25, -0.2) is 4.39 Å². The summed E-state index contributed by atoms with van der Waals surface area (Å²) in [6.07, 6.45) is 2.72. The summed E-state index contributed by atoms with van der Waals surface area (Å²) in [5.41, 5.74) is 8.61. The Balaban J connectivity index is 0.00000882. The molecule has 2 aromatic carbocycles. The van der Waals surface area contributed by atoms with Crippen LogP contribution in [0.3, 0.4) is 0 Å². The number of anilines is 1. The number of rotatable bonds is 19. The number of carbonyl (C=O) groups is 3. The summed E-state index contributed by atoms with van der Waals surface area (Å²) in [6, 6.07) is 11.5. The van der Waals surface area contributed by atoms with Crippen molar-refractivity contribution in [3.05, 3.63) is 65.5 Å². The van der Waals surface area contributed by atoms with Crippen molar-refractivity contribution in [3.8, 4) is 0 Å². The molecule has 0 unspecified atom stereocenters. The summed E-state index contributed by atoms with van der Waals surface area (Å²) in [7, 11) is 0. The quantitative estimate of drug-likeness (QED) is 0.161. The molecule has 0 bridgehead atoms. The number of carbonyl (C=O) groups excluding carboxylic acids is 3. The van der Waals surface area contributed by atoms with Crippen LogP contribution < -0.4 is 16.0 Å². The van der Waals surface area contributed by atoms with E-state index < -0.39 is 29.9 Å². The van der Waals surface area contributed by atoms with E-state index in [0.29, 0.717) is 42.6 Å². The van der Waals surface area contributed by atoms with Crippen molar-refractivity contribution < 1.29 is 23.5 Å². The van der Waals surface area contributed by atoms with E-state index >= 15 is 0 Å². The van der Waals surface area contributed by atoms with Crippen LogP contribution >= 0.6 is 47.4 Å². The summed E-state index contributed by atoms with van der Waals surface area (Å²) in [5, 5.41) is 2.83. The Hall–Kier alpha value is -2.04. The van der Waals surface area contributed by atoms with E-state index in [1.165, 1.54) is 12.1 Å². The van der Waals surface area contributed by atoms with Gasteiger partial charge in [-0.2, -0.15) is 11.8 Å². The van der Waals surface area contributed by atoms with Crippen molar-refractivity contribution in [1.29, 1.82) is 0 Å². The van der Waals surface area contributed by atoms with Gasteiger partial charge in [0.15, 0.2) is 5.78 Å². The van der Waals surface area contributed by atoms with E-state index in [2.05, 4.69) is 10.2 Å². The van der Waals surface area contributed by atoms with Gasteiger partial charge in [-0.15, -0.1) is 35.6 Å². The van der Waals surface area contributed by atoms with E-state index in [1.54, 1.807) is 30.8 Å². The van der Waals surface area contributed by atoms with Crippen LogP contribution in [0.25, 0.3) is 0 Å². The molecule has 0 heterocycles. The lowest BCUT2D eigenvalue weighted by atomic mass is 9.92. The molecule has 0 saturated heterocycles. The average Bonchev–Trinajstić information content (AvgIpc) is 2.96. The maximum atomic E-state index is 13.7. The Kier molecular flexibility index (Phi) is 18.8. The minimum Gasteiger partial charge on any atom is -0.466 e. The summed E-state index contributed by atoms with van der Waals surface area (Å²) in [6.45, 7) is 3.15. The minimum atomic E-state index is -0.956. The predicted molar refractivity (Wildman–Crippen MR) is 174 cm³/mol. The second-order valence-corrected chi connectivity index (χ2v) is 11.4. The number of alkyl halides is 2. The van der Waals surface area contributed by atoms with Gasteiger partial charge in [0.05, 0.1) is 24.6 Å². The van der Waals surface area contributed by atoms with Gasteiger partial charge >= 0.3 is 5.97 Å². The number of thioether (sulfide) groups is 1. The normalized spacial score (nSPS) is 12.9. The lowest BCUT2D eigenvalue weighted by molar-refractivity contribution is -0.149. The largest absolute Gasteiger partial charge is 0.466 e. The number of amides is 1. The Labute approximate surface area is 268 Å². The number of ketones is 1. The first-order chi connectivity index (χ1) is 19.7. The molecule has 0 fully saturated rings. The first-order valence-electron chi connectivity index (χ1n) is 13.7. The molecule has 2 rings (SSSR count). The molecule has 0 aromatic heterocycles. The Morgan fingerprint density at radius 2 is 1.71 bits per heavy atom. The van der Waals surface area contributed by atoms with Crippen LogP contribution in [0.4, 0.5) is 10.1 Å². The van der Waals surface area contributed by atoms with Gasteiger partial charge in [0.25, 0.3) is 0 Å². The van der Waals surface area contributed by atoms with Gasteiger partial charge in [-0.05, 0) is 73.6 Å². The second kappa shape index (κ2) is 20.8. The molecule has 12 heteroatoms. The summed E-state index contributed by atoms with van der Waals surface area (Å²) >= 11 is 13.6. The van der Waals surface area contributed by atoms with E-state index in [1.807, 2.05) is 30.5 Å². The monoisotopic (exact) mass is 663 g/mol. The topological polar surface area (TPSA) is 102 Å². The van der Waals surface area contributed by atoms with Crippen molar-refractivity contribution in [1.82, 2.24) is 5.32 Å². The Morgan fingerprint density at radius 3 is 2.31 bits per heavy atom. The van der Waals surface area contributed by atoms with E-state index in [-0.39, 0.29) is 49.9 Å². The molecule has 3 N–H and O–H groups in total. The maximum absolute atomic E-state index is 13.7. The zero-order valence-electron chi connectivity index (χ0n) is 24.0. The van der Waals surface area contributed by atoms with Crippen molar-refractivity contribution in [3.63, 3.8) is 0 Å². The third kappa shape index (κ3) is 13.1. The SMILES string of the molecule is CCOC(=O)[C@H](CCSC)CC(=O)[C@H](Cc1cccc(N(CCCl)CCCl)c1)NC(=O)[C@@H](N)Cc1ccc(F)cc1.Cl. The molecule has 7 nitrogen and oxygen atoms in total. The number of halogens is 4. The smallest absolute Gasteiger partial charge is 0.309 e. The van der Waals surface area contributed by atoms with Crippen LogP contribution in [0.15, 0.2) is 48.5 Å². The number of hydrogen-bond acceptors (Lipinski definition) is 7. The molecule has 234 valence electrons. The Morgan fingerprint density at radius 1 is 1.05 bits per heavy atom. The highest BCUT2D eigenvalue weighted by atomic mass is 35.5. The van der Waals surface area contributed by atoms with Gasteiger partial charge in [0, 0.05) is 37.0 Å². The standard InChI is InChI=1S/C30H40Cl2FN3O4S.ClH/c1-3-40-30(39)23(11-16-41-2)20-28(37)27(35-29(38)26(34)18-21-7-9-24(33)10-8-21)19-22-5-4-6-25(17-22)36(14-12-31)15-13-32;/h4-10,17,23,26-27H,3,11-16,18-20,34H2,1-2H3,(H,35,38);1H/t23-,26+,27+;/m1./s1. The van der Waals surface area contributed by atoms with Gasteiger partial charge in [0.1, 0.15) is 5.82 Å². The summed E-state index contributed by atoms with van der Waals surface area (Å²) < 4.78 is 18.5.